The summed E-state index contributed by atoms with van der Waals surface area (Å²) >= 11 is 0. The third kappa shape index (κ3) is 3.94. The highest BCUT2D eigenvalue weighted by molar-refractivity contribution is 5.82. The molecule has 20 heavy (non-hydrogen) atoms. The van der Waals surface area contributed by atoms with Crippen molar-refractivity contribution in [2.24, 2.45) is 0 Å². The lowest BCUT2D eigenvalue weighted by molar-refractivity contribution is -0.142. The molecule has 0 aliphatic carbocycles. The fourth-order valence-corrected chi connectivity index (χ4v) is 1.99. The van der Waals surface area contributed by atoms with Gasteiger partial charge >= 0.3 is 12.0 Å². The highest BCUT2D eigenvalue weighted by atomic mass is 19.1. The van der Waals surface area contributed by atoms with Crippen LogP contribution >= 0.6 is 0 Å². The zero-order valence-corrected chi connectivity index (χ0v) is 11.8. The number of carbonyl (C=O) groups excluding carboxylic acids is 1. The fourth-order valence-electron chi connectivity index (χ4n) is 1.99. The largest absolute Gasteiger partial charge is 0.480 e. The maximum atomic E-state index is 13.1. The quantitative estimate of drug-likeness (QED) is 0.900. The number of benzene rings is 1. The summed E-state index contributed by atoms with van der Waals surface area (Å²) < 4.78 is 13.1. The summed E-state index contributed by atoms with van der Waals surface area (Å²) in [4.78, 5) is 25.7. The van der Waals surface area contributed by atoms with E-state index in [1.807, 2.05) is 0 Å². The van der Waals surface area contributed by atoms with Gasteiger partial charge in [-0.15, -0.1) is 0 Å². The van der Waals surface area contributed by atoms with Gasteiger partial charge in [-0.2, -0.15) is 0 Å². The predicted molar refractivity (Wildman–Crippen MR) is 72.7 cm³/mol. The Kier molecular flexibility index (Phi) is 5.49. The van der Waals surface area contributed by atoms with E-state index in [0.717, 1.165) is 0 Å². The van der Waals surface area contributed by atoms with Crippen molar-refractivity contribution < 1.29 is 19.1 Å². The summed E-state index contributed by atoms with van der Waals surface area (Å²) in [5, 5.41) is 9.04. The van der Waals surface area contributed by atoms with E-state index in [9.17, 15) is 14.0 Å². The molecule has 0 saturated carbocycles. The molecule has 0 aromatic heterocycles. The zero-order valence-electron chi connectivity index (χ0n) is 11.8. The lowest BCUT2D eigenvalue weighted by atomic mass is 10.2. The van der Waals surface area contributed by atoms with Gasteiger partial charge in [0, 0.05) is 20.6 Å². The number of nitrogens with zero attached hydrogens (tertiary/aromatic N) is 2. The van der Waals surface area contributed by atoms with Gasteiger partial charge in [0.25, 0.3) is 0 Å². The Morgan fingerprint density at radius 2 is 2.00 bits per heavy atom. The number of hydrogen-bond donors (Lipinski definition) is 1. The van der Waals surface area contributed by atoms with Crippen LogP contribution in [0.1, 0.15) is 18.9 Å². The van der Waals surface area contributed by atoms with Crippen LogP contribution < -0.4 is 0 Å². The highest BCUT2D eigenvalue weighted by Gasteiger charge is 2.26. The van der Waals surface area contributed by atoms with E-state index in [2.05, 4.69) is 0 Å². The van der Waals surface area contributed by atoms with Crippen LogP contribution in [0.4, 0.5) is 9.18 Å². The maximum Gasteiger partial charge on any atom is 0.326 e. The molecule has 2 amide bonds. The second-order valence-corrected chi connectivity index (χ2v) is 4.64. The molecule has 1 rings (SSSR count). The minimum absolute atomic E-state index is 0.219. The van der Waals surface area contributed by atoms with Gasteiger partial charge in [-0.25, -0.2) is 14.0 Å². The minimum Gasteiger partial charge on any atom is -0.480 e. The molecule has 6 heteroatoms. The number of hydrogen-bond acceptors (Lipinski definition) is 2. The standard InChI is InChI=1S/C14H19FN2O3/c1-4-12(13(18)19)17(3)14(20)16(2)9-10-6-5-7-11(15)8-10/h5-8,12H,4,9H2,1-3H3,(H,18,19). The Morgan fingerprint density at radius 1 is 1.35 bits per heavy atom. The molecule has 1 N–H and O–H groups in total. The molecular formula is C14H19FN2O3. The molecule has 0 saturated heterocycles. The average Bonchev–Trinajstić information content (AvgIpc) is 2.38. The van der Waals surface area contributed by atoms with Crippen molar-refractivity contribution in [3.05, 3.63) is 35.6 Å². The predicted octanol–water partition coefficient (Wildman–Crippen LogP) is 2.17. The Hall–Kier alpha value is -2.11. The molecule has 0 aliphatic heterocycles. The summed E-state index contributed by atoms with van der Waals surface area (Å²) in [7, 11) is 3.00. The molecule has 0 heterocycles. The second kappa shape index (κ2) is 6.88. The van der Waals surface area contributed by atoms with E-state index in [4.69, 9.17) is 5.11 Å². The summed E-state index contributed by atoms with van der Waals surface area (Å²) in [6.07, 6.45) is 0.325. The number of urea groups is 1. The molecule has 5 nitrogen and oxygen atoms in total. The summed E-state index contributed by atoms with van der Waals surface area (Å²) in [6, 6.07) is 4.67. The molecule has 0 fully saturated rings. The van der Waals surface area contributed by atoms with E-state index >= 15 is 0 Å². The van der Waals surface area contributed by atoms with Crippen LogP contribution in [-0.2, 0) is 11.3 Å². The van der Waals surface area contributed by atoms with Crippen molar-refractivity contribution in [3.8, 4) is 0 Å². The van der Waals surface area contributed by atoms with Crippen molar-refractivity contribution in [1.29, 1.82) is 0 Å². The van der Waals surface area contributed by atoms with Gasteiger partial charge in [0.15, 0.2) is 0 Å². The van der Waals surface area contributed by atoms with Crippen LogP contribution in [0.15, 0.2) is 24.3 Å². The van der Waals surface area contributed by atoms with E-state index in [1.54, 1.807) is 26.1 Å². The Bertz CT molecular complexity index is 493. The SMILES string of the molecule is CCC(C(=O)O)N(C)C(=O)N(C)Cc1cccc(F)c1. The van der Waals surface area contributed by atoms with E-state index in [0.29, 0.717) is 12.0 Å². The van der Waals surface area contributed by atoms with Crippen LogP contribution in [0.25, 0.3) is 0 Å². The number of amides is 2. The van der Waals surface area contributed by atoms with Crippen molar-refractivity contribution in [3.63, 3.8) is 0 Å². The summed E-state index contributed by atoms with van der Waals surface area (Å²) in [5.74, 6) is -1.41. The van der Waals surface area contributed by atoms with E-state index in [-0.39, 0.29) is 12.4 Å². The van der Waals surface area contributed by atoms with Crippen LogP contribution in [-0.4, -0.2) is 47.0 Å². The van der Waals surface area contributed by atoms with Gasteiger partial charge in [-0.05, 0) is 24.1 Å². The molecule has 1 aromatic rings. The van der Waals surface area contributed by atoms with Gasteiger partial charge < -0.3 is 14.9 Å². The second-order valence-electron chi connectivity index (χ2n) is 4.64. The molecule has 1 aromatic carbocycles. The first-order valence-corrected chi connectivity index (χ1v) is 6.32. The third-order valence-electron chi connectivity index (χ3n) is 3.08. The van der Waals surface area contributed by atoms with Crippen molar-refractivity contribution in [1.82, 2.24) is 9.80 Å². The number of carbonyl (C=O) groups is 2. The van der Waals surface area contributed by atoms with Gasteiger partial charge in [-0.1, -0.05) is 19.1 Å². The van der Waals surface area contributed by atoms with Crippen molar-refractivity contribution in [2.75, 3.05) is 14.1 Å². The first-order chi connectivity index (χ1) is 9.36. The molecular weight excluding hydrogens is 263 g/mol. The van der Waals surface area contributed by atoms with Gasteiger partial charge in [-0.3, -0.25) is 0 Å². The first kappa shape index (κ1) is 15.9. The normalized spacial score (nSPS) is 11.8. The number of carboxylic acid groups (broad SMARTS) is 1. The van der Waals surface area contributed by atoms with Gasteiger partial charge in [0.2, 0.25) is 0 Å². The van der Waals surface area contributed by atoms with Crippen molar-refractivity contribution >= 4 is 12.0 Å². The topological polar surface area (TPSA) is 60.9 Å². The lowest BCUT2D eigenvalue weighted by Gasteiger charge is -2.29. The Labute approximate surface area is 117 Å². The fraction of sp³-hybridized carbons (Fsp3) is 0.429. The molecule has 0 aliphatic rings. The van der Waals surface area contributed by atoms with Crippen LogP contribution in [0.3, 0.4) is 0 Å². The third-order valence-corrected chi connectivity index (χ3v) is 3.08. The van der Waals surface area contributed by atoms with E-state index < -0.39 is 18.0 Å². The molecule has 0 spiro atoms. The van der Waals surface area contributed by atoms with Crippen LogP contribution in [0.2, 0.25) is 0 Å². The number of rotatable bonds is 5. The lowest BCUT2D eigenvalue weighted by Crippen LogP contribution is -2.47. The molecule has 1 atom stereocenters. The van der Waals surface area contributed by atoms with Crippen LogP contribution in [0, 0.1) is 5.82 Å². The smallest absolute Gasteiger partial charge is 0.326 e. The summed E-state index contributed by atoms with van der Waals surface area (Å²) in [6.45, 7) is 1.92. The molecule has 110 valence electrons. The van der Waals surface area contributed by atoms with Gasteiger partial charge in [0.05, 0.1) is 0 Å². The first-order valence-electron chi connectivity index (χ1n) is 6.32. The Morgan fingerprint density at radius 3 is 2.50 bits per heavy atom. The molecule has 0 radical (unpaired) electrons. The molecule has 1 unspecified atom stereocenters. The monoisotopic (exact) mass is 282 g/mol. The minimum atomic E-state index is -1.04. The zero-order chi connectivity index (χ0) is 15.3. The number of aliphatic carboxylic acids is 1. The van der Waals surface area contributed by atoms with Crippen LogP contribution in [0.5, 0.6) is 0 Å². The highest BCUT2D eigenvalue weighted by Crippen LogP contribution is 2.10. The average molecular weight is 282 g/mol. The number of likely N-dealkylation sites (N-methyl/N-ethyl adjacent to an activating group) is 1. The van der Waals surface area contributed by atoms with Gasteiger partial charge in [0.1, 0.15) is 11.9 Å². The molecule has 0 bridgehead atoms. The number of carboxylic acids is 1. The summed E-state index contributed by atoms with van der Waals surface area (Å²) in [5.41, 5.74) is 0.651. The van der Waals surface area contributed by atoms with Crippen molar-refractivity contribution in [2.45, 2.75) is 25.9 Å². The Balaban J connectivity index is 2.73. The maximum absolute atomic E-state index is 13.1. The number of halogens is 1. The van der Waals surface area contributed by atoms with E-state index in [1.165, 1.54) is 29.0 Å².